The van der Waals surface area contributed by atoms with Crippen molar-refractivity contribution in [1.82, 2.24) is 4.98 Å². The van der Waals surface area contributed by atoms with E-state index in [2.05, 4.69) is 4.98 Å². The molecule has 1 fully saturated rings. The van der Waals surface area contributed by atoms with Crippen LogP contribution in [0.4, 0.5) is 5.82 Å². The third kappa shape index (κ3) is 2.63. The Morgan fingerprint density at radius 3 is 2.71 bits per heavy atom. The molecule has 1 atom stereocenters. The molecule has 0 spiro atoms. The molecule has 0 bridgehead atoms. The van der Waals surface area contributed by atoms with Crippen molar-refractivity contribution in [2.24, 2.45) is 0 Å². The minimum atomic E-state index is -2.89. The first kappa shape index (κ1) is 12.0. The smallest absolute Gasteiger partial charge is 0.152 e. The van der Waals surface area contributed by atoms with Gasteiger partial charge in [0.25, 0.3) is 0 Å². The van der Waals surface area contributed by atoms with E-state index < -0.39 is 9.84 Å². The highest BCUT2D eigenvalue weighted by Crippen LogP contribution is 2.21. The molecule has 0 aromatic carbocycles. The number of rotatable bonds is 3. The van der Waals surface area contributed by atoms with Gasteiger partial charge in [-0.25, -0.2) is 13.4 Å². The fourth-order valence-corrected chi connectivity index (χ4v) is 3.72. The van der Waals surface area contributed by atoms with Crippen LogP contribution in [-0.4, -0.2) is 44.3 Å². The summed E-state index contributed by atoms with van der Waals surface area (Å²) >= 11 is 0. The lowest BCUT2D eigenvalue weighted by Crippen LogP contribution is -2.33. The summed E-state index contributed by atoms with van der Waals surface area (Å²) in [5.74, 6) is 1.12. The van der Waals surface area contributed by atoms with Gasteiger partial charge < -0.3 is 4.90 Å². The number of sulfone groups is 1. The molecule has 1 aromatic rings. The summed E-state index contributed by atoms with van der Waals surface area (Å²) in [5.41, 5.74) is 0.515. The van der Waals surface area contributed by atoms with E-state index in [1.807, 2.05) is 11.9 Å². The Morgan fingerprint density at radius 1 is 1.47 bits per heavy atom. The monoisotopic (exact) mass is 254 g/mol. The van der Waals surface area contributed by atoms with Gasteiger partial charge in [-0.2, -0.15) is 0 Å². The maximum absolute atomic E-state index is 11.4. The predicted octanol–water partition coefficient (Wildman–Crippen LogP) is 0.517. The third-order valence-electron chi connectivity index (χ3n) is 3.02. The van der Waals surface area contributed by atoms with Gasteiger partial charge in [0.15, 0.2) is 16.1 Å². The van der Waals surface area contributed by atoms with Crippen LogP contribution in [0, 0.1) is 0 Å². The molecular weight excluding hydrogens is 240 g/mol. The van der Waals surface area contributed by atoms with Gasteiger partial charge in [-0.1, -0.05) is 0 Å². The van der Waals surface area contributed by atoms with Gasteiger partial charge in [-0.05, 0) is 18.6 Å². The Hall–Kier alpha value is -1.43. The standard InChI is InChI=1S/C11H14N2O3S/c1-13(10-4-5-17(15,16)8-10)11-3-2-9(7-14)6-12-11/h2-3,6-7,10H,4-5,8H2,1H3. The highest BCUT2D eigenvalue weighted by Gasteiger charge is 2.31. The Bertz CT molecular complexity index is 510. The fourth-order valence-electron chi connectivity index (χ4n) is 1.94. The summed E-state index contributed by atoms with van der Waals surface area (Å²) < 4.78 is 22.8. The van der Waals surface area contributed by atoms with Crippen molar-refractivity contribution < 1.29 is 13.2 Å². The number of carbonyl (C=O) groups excluding carboxylic acids is 1. The van der Waals surface area contributed by atoms with Gasteiger partial charge >= 0.3 is 0 Å². The predicted molar refractivity (Wildman–Crippen MR) is 65.1 cm³/mol. The van der Waals surface area contributed by atoms with Crippen molar-refractivity contribution in [2.75, 3.05) is 23.5 Å². The minimum absolute atomic E-state index is 0.0189. The number of carbonyl (C=O) groups is 1. The maximum Gasteiger partial charge on any atom is 0.152 e. The maximum atomic E-state index is 11.4. The number of anilines is 1. The molecule has 0 aliphatic carbocycles. The Kier molecular flexibility index (Phi) is 3.15. The summed E-state index contributed by atoms with van der Waals surface area (Å²) in [6.45, 7) is 0. The lowest BCUT2D eigenvalue weighted by Gasteiger charge is -2.24. The molecule has 1 aromatic heterocycles. The van der Waals surface area contributed by atoms with Crippen molar-refractivity contribution in [2.45, 2.75) is 12.5 Å². The number of hydrogen-bond acceptors (Lipinski definition) is 5. The number of aromatic nitrogens is 1. The van der Waals surface area contributed by atoms with Gasteiger partial charge in [0.05, 0.1) is 11.5 Å². The van der Waals surface area contributed by atoms with Gasteiger partial charge in [0, 0.05) is 24.8 Å². The van der Waals surface area contributed by atoms with E-state index in [0.717, 1.165) is 6.29 Å². The van der Waals surface area contributed by atoms with Crippen LogP contribution in [0.2, 0.25) is 0 Å². The zero-order chi connectivity index (χ0) is 12.5. The molecule has 1 aliphatic rings. The largest absolute Gasteiger partial charge is 0.356 e. The molecule has 6 heteroatoms. The quantitative estimate of drug-likeness (QED) is 0.735. The first-order chi connectivity index (χ1) is 8.02. The highest BCUT2D eigenvalue weighted by molar-refractivity contribution is 7.91. The lowest BCUT2D eigenvalue weighted by atomic mass is 10.2. The van der Waals surface area contributed by atoms with Crippen LogP contribution < -0.4 is 4.90 Å². The van der Waals surface area contributed by atoms with Gasteiger partial charge in [0.2, 0.25) is 0 Å². The van der Waals surface area contributed by atoms with E-state index in [1.165, 1.54) is 6.20 Å². The van der Waals surface area contributed by atoms with Crippen LogP contribution in [0.15, 0.2) is 18.3 Å². The molecule has 1 unspecified atom stereocenters. The first-order valence-corrected chi connectivity index (χ1v) is 7.18. The first-order valence-electron chi connectivity index (χ1n) is 5.36. The van der Waals surface area contributed by atoms with E-state index >= 15 is 0 Å². The molecule has 2 rings (SSSR count). The van der Waals surface area contributed by atoms with Crippen LogP contribution in [0.5, 0.6) is 0 Å². The van der Waals surface area contributed by atoms with Crippen LogP contribution >= 0.6 is 0 Å². The average Bonchev–Trinajstić information content (AvgIpc) is 2.69. The second-order valence-electron chi connectivity index (χ2n) is 4.24. The van der Waals surface area contributed by atoms with Crippen molar-refractivity contribution >= 4 is 21.9 Å². The van der Waals surface area contributed by atoms with E-state index in [9.17, 15) is 13.2 Å². The van der Waals surface area contributed by atoms with E-state index in [0.29, 0.717) is 17.8 Å². The molecule has 0 amide bonds. The topological polar surface area (TPSA) is 67.3 Å². The molecule has 1 aliphatic heterocycles. The lowest BCUT2D eigenvalue weighted by molar-refractivity contribution is 0.112. The number of nitrogens with zero attached hydrogens (tertiary/aromatic N) is 2. The normalized spacial score (nSPS) is 22.3. The SMILES string of the molecule is CN(c1ccc(C=O)cn1)C1CCS(=O)(=O)C1. The van der Waals surface area contributed by atoms with Crippen molar-refractivity contribution in [3.63, 3.8) is 0 Å². The van der Waals surface area contributed by atoms with Crippen LogP contribution in [0.3, 0.4) is 0 Å². The summed E-state index contributed by atoms with van der Waals surface area (Å²) in [4.78, 5) is 16.5. The molecule has 0 saturated carbocycles. The Balaban J connectivity index is 2.14. The third-order valence-corrected chi connectivity index (χ3v) is 4.77. The number of aldehydes is 1. The fraction of sp³-hybridized carbons (Fsp3) is 0.455. The van der Waals surface area contributed by atoms with E-state index in [1.54, 1.807) is 12.1 Å². The molecule has 1 saturated heterocycles. The number of hydrogen-bond donors (Lipinski definition) is 0. The number of pyridine rings is 1. The zero-order valence-corrected chi connectivity index (χ0v) is 10.4. The Labute approximate surface area is 100 Å². The summed E-state index contributed by atoms with van der Waals surface area (Å²) in [6.07, 6.45) is 2.86. The highest BCUT2D eigenvalue weighted by atomic mass is 32.2. The molecule has 0 radical (unpaired) electrons. The second kappa shape index (κ2) is 4.44. The zero-order valence-electron chi connectivity index (χ0n) is 9.54. The summed E-state index contributed by atoms with van der Waals surface area (Å²) in [5, 5.41) is 0. The van der Waals surface area contributed by atoms with E-state index in [-0.39, 0.29) is 17.5 Å². The van der Waals surface area contributed by atoms with Gasteiger partial charge in [0.1, 0.15) is 5.82 Å². The molecule has 2 heterocycles. The van der Waals surface area contributed by atoms with Gasteiger partial charge in [-0.15, -0.1) is 0 Å². The van der Waals surface area contributed by atoms with E-state index in [4.69, 9.17) is 0 Å². The Morgan fingerprint density at radius 2 is 2.24 bits per heavy atom. The minimum Gasteiger partial charge on any atom is -0.356 e. The van der Waals surface area contributed by atoms with Crippen LogP contribution in [-0.2, 0) is 9.84 Å². The van der Waals surface area contributed by atoms with Crippen LogP contribution in [0.1, 0.15) is 16.8 Å². The van der Waals surface area contributed by atoms with Gasteiger partial charge in [-0.3, -0.25) is 4.79 Å². The molecule has 5 nitrogen and oxygen atoms in total. The van der Waals surface area contributed by atoms with Crippen molar-refractivity contribution in [1.29, 1.82) is 0 Å². The average molecular weight is 254 g/mol. The molecule has 17 heavy (non-hydrogen) atoms. The molecule has 0 N–H and O–H groups in total. The van der Waals surface area contributed by atoms with Crippen molar-refractivity contribution in [3.05, 3.63) is 23.9 Å². The summed E-state index contributed by atoms with van der Waals surface area (Å²) in [6, 6.07) is 3.39. The summed E-state index contributed by atoms with van der Waals surface area (Å²) in [7, 11) is -1.06. The van der Waals surface area contributed by atoms with Crippen molar-refractivity contribution in [3.8, 4) is 0 Å². The second-order valence-corrected chi connectivity index (χ2v) is 6.46. The molecular formula is C11H14N2O3S. The van der Waals surface area contributed by atoms with Crippen LogP contribution in [0.25, 0.3) is 0 Å². The molecule has 92 valence electrons.